The summed E-state index contributed by atoms with van der Waals surface area (Å²) in [5, 5.41) is 2.72. The standard InChI is InChI=1S/C16H24N2O3/c1-10(2)5-6-18-15(19)9-21-16(20)13-8-14(17)12(4)7-11(13)3/h7-8,10H,5-6,9,17H2,1-4H3,(H,18,19). The first kappa shape index (κ1) is 17.0. The molecule has 0 aliphatic rings. The second-order valence-corrected chi connectivity index (χ2v) is 5.63. The molecule has 5 nitrogen and oxygen atoms in total. The van der Waals surface area contributed by atoms with Gasteiger partial charge in [-0.05, 0) is 43.4 Å². The van der Waals surface area contributed by atoms with Gasteiger partial charge in [-0.15, -0.1) is 0 Å². The van der Waals surface area contributed by atoms with Crippen molar-refractivity contribution in [3.63, 3.8) is 0 Å². The number of benzene rings is 1. The minimum Gasteiger partial charge on any atom is -0.452 e. The number of hydrogen-bond donors (Lipinski definition) is 2. The van der Waals surface area contributed by atoms with Crippen molar-refractivity contribution >= 4 is 17.6 Å². The summed E-state index contributed by atoms with van der Waals surface area (Å²) in [6.45, 7) is 8.16. The van der Waals surface area contributed by atoms with E-state index < -0.39 is 5.97 Å². The van der Waals surface area contributed by atoms with Crippen LogP contribution >= 0.6 is 0 Å². The van der Waals surface area contributed by atoms with Gasteiger partial charge in [0.05, 0.1) is 5.56 Å². The summed E-state index contributed by atoms with van der Waals surface area (Å²) in [7, 11) is 0. The van der Waals surface area contributed by atoms with Gasteiger partial charge in [0.25, 0.3) is 5.91 Å². The Morgan fingerprint density at radius 3 is 2.52 bits per heavy atom. The van der Waals surface area contributed by atoms with E-state index in [1.807, 2.05) is 19.9 Å². The monoisotopic (exact) mass is 292 g/mol. The second kappa shape index (κ2) is 7.67. The average molecular weight is 292 g/mol. The summed E-state index contributed by atoms with van der Waals surface area (Å²) in [6.07, 6.45) is 0.896. The Morgan fingerprint density at radius 1 is 1.24 bits per heavy atom. The van der Waals surface area contributed by atoms with Gasteiger partial charge in [-0.25, -0.2) is 4.79 Å². The number of esters is 1. The molecule has 1 rings (SSSR count). The largest absolute Gasteiger partial charge is 0.452 e. The fourth-order valence-corrected chi connectivity index (χ4v) is 1.85. The van der Waals surface area contributed by atoms with E-state index in [4.69, 9.17) is 10.5 Å². The number of carbonyl (C=O) groups is 2. The van der Waals surface area contributed by atoms with Gasteiger partial charge in [-0.3, -0.25) is 4.79 Å². The third-order valence-corrected chi connectivity index (χ3v) is 3.21. The Morgan fingerprint density at radius 2 is 1.90 bits per heavy atom. The van der Waals surface area contributed by atoms with Gasteiger partial charge < -0.3 is 15.8 Å². The minimum atomic E-state index is -0.529. The van der Waals surface area contributed by atoms with Gasteiger partial charge in [0.15, 0.2) is 6.61 Å². The second-order valence-electron chi connectivity index (χ2n) is 5.63. The van der Waals surface area contributed by atoms with Crippen LogP contribution in [0.1, 0.15) is 41.8 Å². The van der Waals surface area contributed by atoms with Crippen molar-refractivity contribution in [2.75, 3.05) is 18.9 Å². The average Bonchev–Trinajstić information content (AvgIpc) is 2.39. The maximum absolute atomic E-state index is 12.0. The van der Waals surface area contributed by atoms with Gasteiger partial charge in [0.1, 0.15) is 0 Å². The zero-order valence-corrected chi connectivity index (χ0v) is 13.2. The summed E-state index contributed by atoms with van der Waals surface area (Å²) in [5.74, 6) is -0.300. The van der Waals surface area contributed by atoms with Gasteiger partial charge in [-0.1, -0.05) is 19.9 Å². The van der Waals surface area contributed by atoms with Crippen LogP contribution in [0.25, 0.3) is 0 Å². The third kappa shape index (κ3) is 5.45. The highest BCUT2D eigenvalue weighted by Gasteiger charge is 2.14. The summed E-state index contributed by atoms with van der Waals surface area (Å²) in [4.78, 5) is 23.5. The van der Waals surface area contributed by atoms with Crippen LogP contribution < -0.4 is 11.1 Å². The molecule has 0 fully saturated rings. The van der Waals surface area contributed by atoms with Crippen LogP contribution in [0.3, 0.4) is 0 Å². The molecule has 0 heterocycles. The SMILES string of the molecule is Cc1cc(C)c(C(=O)OCC(=O)NCCC(C)C)cc1N. The van der Waals surface area contributed by atoms with E-state index in [9.17, 15) is 9.59 Å². The molecule has 0 saturated heterocycles. The van der Waals surface area contributed by atoms with Crippen molar-refractivity contribution in [2.24, 2.45) is 5.92 Å². The molecule has 0 radical (unpaired) electrons. The maximum Gasteiger partial charge on any atom is 0.338 e. The van der Waals surface area contributed by atoms with Crippen molar-refractivity contribution in [3.8, 4) is 0 Å². The number of aryl methyl sites for hydroxylation is 2. The van der Waals surface area contributed by atoms with Gasteiger partial charge in [0, 0.05) is 12.2 Å². The summed E-state index contributed by atoms with van der Waals surface area (Å²) >= 11 is 0. The molecule has 1 aromatic carbocycles. The van der Waals surface area contributed by atoms with E-state index in [0.29, 0.717) is 23.7 Å². The number of amides is 1. The predicted octanol–water partition coefficient (Wildman–Crippen LogP) is 2.20. The van der Waals surface area contributed by atoms with Crippen LogP contribution in [0.15, 0.2) is 12.1 Å². The van der Waals surface area contributed by atoms with Gasteiger partial charge >= 0.3 is 5.97 Å². The first-order chi connectivity index (χ1) is 9.81. The number of nitrogen functional groups attached to an aromatic ring is 1. The number of anilines is 1. The number of ether oxygens (including phenoxy) is 1. The molecule has 0 atom stereocenters. The van der Waals surface area contributed by atoms with Crippen molar-refractivity contribution in [3.05, 3.63) is 28.8 Å². The molecule has 5 heteroatoms. The Balaban J connectivity index is 2.51. The topological polar surface area (TPSA) is 81.4 Å². The maximum atomic E-state index is 12.0. The first-order valence-electron chi connectivity index (χ1n) is 7.11. The molecule has 1 amide bonds. The van der Waals surface area contributed by atoms with Crippen LogP contribution in [0, 0.1) is 19.8 Å². The lowest BCUT2D eigenvalue weighted by Crippen LogP contribution is -2.30. The number of nitrogens with two attached hydrogens (primary N) is 1. The van der Waals surface area contributed by atoms with E-state index in [-0.39, 0.29) is 12.5 Å². The highest BCUT2D eigenvalue weighted by Crippen LogP contribution is 2.18. The lowest BCUT2D eigenvalue weighted by Gasteiger charge is -2.10. The molecule has 0 bridgehead atoms. The molecule has 0 aromatic heterocycles. The van der Waals surface area contributed by atoms with Crippen LogP contribution in [-0.2, 0) is 9.53 Å². The lowest BCUT2D eigenvalue weighted by atomic mass is 10.0. The zero-order chi connectivity index (χ0) is 16.0. The molecule has 0 saturated carbocycles. The Labute approximate surface area is 125 Å². The molecule has 116 valence electrons. The summed E-state index contributed by atoms with van der Waals surface area (Å²) in [5.41, 5.74) is 8.42. The molecule has 1 aromatic rings. The number of hydrogen-bond acceptors (Lipinski definition) is 4. The minimum absolute atomic E-state index is 0.274. The first-order valence-corrected chi connectivity index (χ1v) is 7.11. The molecule has 0 unspecified atom stereocenters. The van der Waals surface area contributed by atoms with Crippen LogP contribution in [-0.4, -0.2) is 25.0 Å². The quantitative estimate of drug-likeness (QED) is 0.622. The van der Waals surface area contributed by atoms with Crippen molar-refractivity contribution < 1.29 is 14.3 Å². The number of carbonyl (C=O) groups excluding carboxylic acids is 2. The van der Waals surface area contributed by atoms with E-state index in [1.54, 1.807) is 6.07 Å². The summed E-state index contributed by atoms with van der Waals surface area (Å²) < 4.78 is 5.02. The zero-order valence-electron chi connectivity index (χ0n) is 13.2. The van der Waals surface area contributed by atoms with Crippen LogP contribution in [0.5, 0.6) is 0 Å². The number of nitrogens with one attached hydrogen (secondary N) is 1. The third-order valence-electron chi connectivity index (χ3n) is 3.21. The molecular weight excluding hydrogens is 268 g/mol. The van der Waals surface area contributed by atoms with E-state index in [1.165, 1.54) is 0 Å². The number of rotatable bonds is 6. The Bertz CT molecular complexity index is 524. The molecule has 0 aliphatic heterocycles. The highest BCUT2D eigenvalue weighted by molar-refractivity contribution is 5.93. The highest BCUT2D eigenvalue weighted by atomic mass is 16.5. The van der Waals surface area contributed by atoms with Gasteiger partial charge in [-0.2, -0.15) is 0 Å². The lowest BCUT2D eigenvalue weighted by molar-refractivity contribution is -0.124. The smallest absolute Gasteiger partial charge is 0.338 e. The van der Waals surface area contributed by atoms with Gasteiger partial charge in [0.2, 0.25) is 0 Å². The van der Waals surface area contributed by atoms with Crippen LogP contribution in [0.2, 0.25) is 0 Å². The molecule has 0 aliphatic carbocycles. The fourth-order valence-electron chi connectivity index (χ4n) is 1.85. The molecule has 21 heavy (non-hydrogen) atoms. The van der Waals surface area contributed by atoms with E-state index in [2.05, 4.69) is 19.2 Å². The van der Waals surface area contributed by atoms with Crippen LogP contribution in [0.4, 0.5) is 5.69 Å². The van der Waals surface area contributed by atoms with E-state index >= 15 is 0 Å². The van der Waals surface area contributed by atoms with E-state index in [0.717, 1.165) is 17.5 Å². The normalized spacial score (nSPS) is 10.5. The van der Waals surface area contributed by atoms with Crippen molar-refractivity contribution in [1.82, 2.24) is 5.32 Å². The Kier molecular flexibility index (Phi) is 6.21. The summed E-state index contributed by atoms with van der Waals surface area (Å²) in [6, 6.07) is 3.41. The predicted molar refractivity (Wildman–Crippen MR) is 83.1 cm³/mol. The van der Waals surface area contributed by atoms with Crippen molar-refractivity contribution in [2.45, 2.75) is 34.1 Å². The Hall–Kier alpha value is -2.04. The fraction of sp³-hybridized carbons (Fsp3) is 0.500. The molecule has 3 N–H and O–H groups in total. The molecular formula is C16H24N2O3. The molecule has 0 spiro atoms. The van der Waals surface area contributed by atoms with Crippen molar-refractivity contribution in [1.29, 1.82) is 0 Å².